The largest absolute Gasteiger partial charge is 0.479 e. The Labute approximate surface area is 109 Å². The molecule has 2 aromatic carbocycles. The van der Waals surface area contributed by atoms with E-state index in [1.54, 1.807) is 36.4 Å². The average Bonchev–Trinajstić information content (AvgIpc) is 2.39. The second-order valence-corrected chi connectivity index (χ2v) is 4.41. The monoisotopic (exact) mass is 260 g/mol. The van der Waals surface area contributed by atoms with Crippen molar-refractivity contribution in [3.63, 3.8) is 0 Å². The Bertz CT molecular complexity index is 606. The van der Waals surface area contributed by atoms with E-state index in [1.165, 1.54) is 6.07 Å². The first-order chi connectivity index (χ1) is 8.94. The molecule has 0 aromatic heterocycles. The van der Waals surface area contributed by atoms with Gasteiger partial charge in [-0.25, -0.2) is 9.18 Å². The second-order valence-electron chi connectivity index (χ2n) is 4.41. The predicted molar refractivity (Wildman–Crippen MR) is 69.0 cm³/mol. The normalized spacial score (nSPS) is 13.8. The number of benzene rings is 2. The molecule has 0 saturated carbocycles. The first-order valence-electron chi connectivity index (χ1n) is 5.75. The zero-order valence-electron chi connectivity index (χ0n) is 10.3. The van der Waals surface area contributed by atoms with Crippen molar-refractivity contribution in [2.45, 2.75) is 12.5 Å². The highest BCUT2D eigenvalue weighted by Crippen LogP contribution is 2.34. The van der Waals surface area contributed by atoms with Crippen LogP contribution in [0.25, 0.3) is 11.1 Å². The van der Waals surface area contributed by atoms with Gasteiger partial charge in [-0.1, -0.05) is 42.5 Å². The van der Waals surface area contributed by atoms with E-state index in [1.807, 2.05) is 0 Å². The molecule has 0 heterocycles. The van der Waals surface area contributed by atoms with Crippen LogP contribution in [-0.2, 0) is 10.4 Å². The van der Waals surface area contributed by atoms with E-state index < -0.39 is 17.4 Å². The summed E-state index contributed by atoms with van der Waals surface area (Å²) in [6.45, 7) is 1.07. The quantitative estimate of drug-likeness (QED) is 0.892. The lowest BCUT2D eigenvalue weighted by atomic mass is 9.88. The summed E-state index contributed by atoms with van der Waals surface area (Å²) in [6, 6.07) is 13.0. The van der Waals surface area contributed by atoms with Crippen LogP contribution in [0.3, 0.4) is 0 Å². The zero-order valence-corrected chi connectivity index (χ0v) is 10.3. The standard InChI is InChI=1S/C15H13FO3/c1-15(19,14(17)18)13-11(8-5-9-12(13)16)10-6-3-2-4-7-10/h2-9,19H,1H3,(H,17,18). The summed E-state index contributed by atoms with van der Waals surface area (Å²) in [5.41, 5.74) is -1.49. The molecule has 0 radical (unpaired) electrons. The third kappa shape index (κ3) is 2.35. The average molecular weight is 260 g/mol. The van der Waals surface area contributed by atoms with Crippen molar-refractivity contribution in [3.8, 4) is 11.1 Å². The Morgan fingerprint density at radius 2 is 1.74 bits per heavy atom. The van der Waals surface area contributed by atoms with Gasteiger partial charge in [0, 0.05) is 5.56 Å². The first-order valence-corrected chi connectivity index (χ1v) is 5.75. The Balaban J connectivity index is 2.71. The molecular formula is C15H13FO3. The summed E-state index contributed by atoms with van der Waals surface area (Å²) >= 11 is 0. The Kier molecular flexibility index (Phi) is 3.36. The summed E-state index contributed by atoms with van der Waals surface area (Å²) in [6.07, 6.45) is 0. The van der Waals surface area contributed by atoms with Gasteiger partial charge in [-0.2, -0.15) is 0 Å². The number of aliphatic carboxylic acids is 1. The SMILES string of the molecule is CC(O)(C(=O)O)c1c(F)cccc1-c1ccccc1. The van der Waals surface area contributed by atoms with Crippen LogP contribution in [0.15, 0.2) is 48.5 Å². The fourth-order valence-electron chi connectivity index (χ4n) is 1.98. The van der Waals surface area contributed by atoms with Gasteiger partial charge >= 0.3 is 5.97 Å². The van der Waals surface area contributed by atoms with Gasteiger partial charge in [0.15, 0.2) is 5.60 Å². The van der Waals surface area contributed by atoms with Gasteiger partial charge in [-0.05, 0) is 24.1 Å². The molecular weight excluding hydrogens is 247 g/mol. The lowest BCUT2D eigenvalue weighted by molar-refractivity contribution is -0.157. The fourth-order valence-corrected chi connectivity index (χ4v) is 1.98. The molecule has 19 heavy (non-hydrogen) atoms. The van der Waals surface area contributed by atoms with Crippen LogP contribution in [-0.4, -0.2) is 16.2 Å². The maximum absolute atomic E-state index is 14.0. The van der Waals surface area contributed by atoms with Crippen LogP contribution in [0.4, 0.5) is 4.39 Å². The Morgan fingerprint density at radius 3 is 2.32 bits per heavy atom. The smallest absolute Gasteiger partial charge is 0.340 e. The third-order valence-electron chi connectivity index (χ3n) is 3.00. The van der Waals surface area contributed by atoms with E-state index in [4.69, 9.17) is 5.11 Å². The van der Waals surface area contributed by atoms with Gasteiger partial charge in [-0.15, -0.1) is 0 Å². The highest BCUT2D eigenvalue weighted by molar-refractivity contribution is 5.83. The van der Waals surface area contributed by atoms with Crippen molar-refractivity contribution >= 4 is 5.97 Å². The number of aliphatic hydroxyl groups is 1. The van der Waals surface area contributed by atoms with Crippen molar-refractivity contribution in [2.24, 2.45) is 0 Å². The molecule has 1 atom stereocenters. The molecule has 0 saturated heterocycles. The molecule has 0 fully saturated rings. The third-order valence-corrected chi connectivity index (χ3v) is 3.00. The van der Waals surface area contributed by atoms with Gasteiger partial charge in [0.25, 0.3) is 0 Å². The minimum absolute atomic E-state index is 0.228. The van der Waals surface area contributed by atoms with Crippen molar-refractivity contribution in [3.05, 3.63) is 59.9 Å². The summed E-state index contributed by atoms with van der Waals surface area (Å²) in [7, 11) is 0. The molecule has 0 amide bonds. The molecule has 2 rings (SSSR count). The molecule has 2 aromatic rings. The van der Waals surface area contributed by atoms with Gasteiger partial charge in [0.05, 0.1) is 0 Å². The molecule has 0 aliphatic heterocycles. The van der Waals surface area contributed by atoms with Crippen LogP contribution in [0.2, 0.25) is 0 Å². The maximum atomic E-state index is 14.0. The lowest BCUT2D eigenvalue weighted by Crippen LogP contribution is -2.33. The first kappa shape index (κ1) is 13.2. The topological polar surface area (TPSA) is 57.5 Å². The van der Waals surface area contributed by atoms with Gasteiger partial charge < -0.3 is 10.2 Å². The van der Waals surface area contributed by atoms with Gasteiger partial charge in [0.2, 0.25) is 0 Å². The lowest BCUT2D eigenvalue weighted by Gasteiger charge is -2.22. The molecule has 98 valence electrons. The van der Waals surface area contributed by atoms with Crippen molar-refractivity contribution < 1.29 is 19.4 Å². The maximum Gasteiger partial charge on any atom is 0.340 e. The second kappa shape index (κ2) is 4.82. The number of hydrogen-bond donors (Lipinski definition) is 2. The number of carbonyl (C=O) groups is 1. The van der Waals surface area contributed by atoms with E-state index in [-0.39, 0.29) is 5.56 Å². The summed E-state index contributed by atoms with van der Waals surface area (Å²) < 4.78 is 14.0. The zero-order chi connectivity index (χ0) is 14.0. The van der Waals surface area contributed by atoms with Crippen LogP contribution < -0.4 is 0 Å². The summed E-state index contributed by atoms with van der Waals surface area (Å²) in [5.74, 6) is -2.23. The highest BCUT2D eigenvalue weighted by atomic mass is 19.1. The van der Waals surface area contributed by atoms with Crippen LogP contribution in [0.5, 0.6) is 0 Å². The van der Waals surface area contributed by atoms with E-state index in [9.17, 15) is 14.3 Å². The van der Waals surface area contributed by atoms with Gasteiger partial charge in [-0.3, -0.25) is 0 Å². The number of carboxylic acids is 1. The highest BCUT2D eigenvalue weighted by Gasteiger charge is 2.37. The van der Waals surface area contributed by atoms with Crippen LogP contribution >= 0.6 is 0 Å². The number of rotatable bonds is 3. The predicted octanol–water partition coefficient (Wildman–Crippen LogP) is 2.78. The molecule has 3 nitrogen and oxygen atoms in total. The van der Waals surface area contributed by atoms with E-state index in [2.05, 4.69) is 0 Å². The number of hydrogen-bond acceptors (Lipinski definition) is 2. The summed E-state index contributed by atoms with van der Waals surface area (Å²) in [5, 5.41) is 19.1. The van der Waals surface area contributed by atoms with Crippen LogP contribution in [0.1, 0.15) is 12.5 Å². The molecule has 1 unspecified atom stereocenters. The molecule has 0 aliphatic carbocycles. The van der Waals surface area contributed by atoms with E-state index in [0.717, 1.165) is 13.0 Å². The molecule has 2 N–H and O–H groups in total. The number of halogens is 1. The number of carboxylic acid groups (broad SMARTS) is 1. The van der Waals surface area contributed by atoms with E-state index >= 15 is 0 Å². The van der Waals surface area contributed by atoms with Gasteiger partial charge in [0.1, 0.15) is 5.82 Å². The molecule has 0 aliphatic rings. The molecule has 0 bridgehead atoms. The molecule has 4 heteroatoms. The Morgan fingerprint density at radius 1 is 1.11 bits per heavy atom. The minimum Gasteiger partial charge on any atom is -0.479 e. The van der Waals surface area contributed by atoms with E-state index in [0.29, 0.717) is 11.1 Å². The fraction of sp³-hybridized carbons (Fsp3) is 0.133. The van der Waals surface area contributed by atoms with Crippen molar-refractivity contribution in [1.82, 2.24) is 0 Å². The molecule has 0 spiro atoms. The van der Waals surface area contributed by atoms with Crippen molar-refractivity contribution in [1.29, 1.82) is 0 Å². The summed E-state index contributed by atoms with van der Waals surface area (Å²) in [4.78, 5) is 11.1. The van der Waals surface area contributed by atoms with Crippen LogP contribution in [0, 0.1) is 5.82 Å². The minimum atomic E-state index is -2.28. The Hall–Kier alpha value is -2.20. The van der Waals surface area contributed by atoms with Crippen molar-refractivity contribution in [2.75, 3.05) is 0 Å².